The van der Waals surface area contributed by atoms with Gasteiger partial charge in [0.1, 0.15) is 11.0 Å². The van der Waals surface area contributed by atoms with Gasteiger partial charge in [-0.2, -0.15) is 0 Å². The lowest BCUT2D eigenvalue weighted by atomic mass is 10.1. The van der Waals surface area contributed by atoms with E-state index in [-0.39, 0.29) is 6.04 Å². The first-order chi connectivity index (χ1) is 10.6. The van der Waals surface area contributed by atoms with Crippen LogP contribution in [0.1, 0.15) is 29.9 Å². The third-order valence-electron chi connectivity index (χ3n) is 4.12. The molecule has 0 spiro atoms. The van der Waals surface area contributed by atoms with E-state index in [2.05, 4.69) is 53.5 Å². The quantitative estimate of drug-likeness (QED) is 0.753. The average Bonchev–Trinajstić information content (AvgIpc) is 3.03. The van der Waals surface area contributed by atoms with Gasteiger partial charge in [0, 0.05) is 24.1 Å². The van der Waals surface area contributed by atoms with Crippen molar-refractivity contribution in [3.8, 4) is 0 Å². The van der Waals surface area contributed by atoms with Gasteiger partial charge in [-0.05, 0) is 44.0 Å². The molecule has 1 unspecified atom stereocenters. The predicted molar refractivity (Wildman–Crippen MR) is 91.4 cm³/mol. The first-order valence-corrected chi connectivity index (χ1v) is 7.91. The third kappa shape index (κ3) is 2.89. The molecule has 22 heavy (non-hydrogen) atoms. The van der Waals surface area contributed by atoms with Crippen molar-refractivity contribution in [3.05, 3.63) is 52.7 Å². The van der Waals surface area contributed by atoms with E-state index in [0.29, 0.717) is 5.15 Å². The van der Waals surface area contributed by atoms with Crippen molar-refractivity contribution in [2.24, 2.45) is 7.05 Å². The van der Waals surface area contributed by atoms with Gasteiger partial charge in [0.2, 0.25) is 0 Å². The third-order valence-corrected chi connectivity index (χ3v) is 4.47. The number of rotatable bonds is 5. The molecule has 0 saturated carbocycles. The number of hydrogen-bond donors (Lipinski definition) is 2. The molecule has 2 N–H and O–H groups in total. The van der Waals surface area contributed by atoms with Crippen molar-refractivity contribution in [2.75, 3.05) is 6.54 Å². The van der Waals surface area contributed by atoms with Crippen molar-refractivity contribution in [1.29, 1.82) is 0 Å². The lowest BCUT2D eigenvalue weighted by Gasteiger charge is -2.13. The van der Waals surface area contributed by atoms with Gasteiger partial charge in [-0.15, -0.1) is 0 Å². The second-order valence-electron chi connectivity index (χ2n) is 5.79. The number of hydrogen-bond acceptors (Lipinski definition) is 2. The average molecular weight is 317 g/mol. The summed E-state index contributed by atoms with van der Waals surface area (Å²) >= 11 is 6.04. The highest BCUT2D eigenvalue weighted by Crippen LogP contribution is 2.20. The van der Waals surface area contributed by atoms with Gasteiger partial charge >= 0.3 is 0 Å². The van der Waals surface area contributed by atoms with Gasteiger partial charge < -0.3 is 14.9 Å². The van der Waals surface area contributed by atoms with Gasteiger partial charge in [0.05, 0.1) is 12.2 Å². The summed E-state index contributed by atoms with van der Waals surface area (Å²) in [4.78, 5) is 7.70. The monoisotopic (exact) mass is 316 g/mol. The van der Waals surface area contributed by atoms with Gasteiger partial charge in [-0.25, -0.2) is 4.98 Å². The second kappa shape index (κ2) is 6.15. The fourth-order valence-electron chi connectivity index (χ4n) is 2.83. The fourth-order valence-corrected chi connectivity index (χ4v) is 2.96. The zero-order chi connectivity index (χ0) is 15.7. The van der Waals surface area contributed by atoms with Crippen LogP contribution in [0.15, 0.2) is 30.6 Å². The van der Waals surface area contributed by atoms with Crippen LogP contribution in [-0.2, 0) is 13.5 Å². The molecule has 4 nitrogen and oxygen atoms in total. The van der Waals surface area contributed by atoms with Crippen LogP contribution in [0.5, 0.6) is 0 Å². The van der Waals surface area contributed by atoms with Crippen molar-refractivity contribution in [2.45, 2.75) is 26.3 Å². The van der Waals surface area contributed by atoms with E-state index in [1.165, 1.54) is 22.0 Å². The minimum Gasteiger partial charge on any atom is -0.361 e. The number of benzene rings is 1. The lowest BCUT2D eigenvalue weighted by Crippen LogP contribution is -2.23. The fraction of sp³-hybridized carbons (Fsp3) is 0.353. The van der Waals surface area contributed by atoms with E-state index in [0.717, 1.165) is 18.8 Å². The number of nitrogens with one attached hydrogen (secondary N) is 2. The standard InChI is InChI=1S/C17H21ClN4/c1-11-4-5-14-13(9-20-15(14)8-11)6-7-19-12(2)17-21-10-16(18)22(17)3/h4-5,8-10,12,19-20H,6-7H2,1-3H3. The van der Waals surface area contributed by atoms with Gasteiger partial charge in [-0.1, -0.05) is 23.7 Å². The Morgan fingerprint density at radius 3 is 2.95 bits per heavy atom. The molecule has 1 atom stereocenters. The summed E-state index contributed by atoms with van der Waals surface area (Å²) in [5.74, 6) is 0.958. The molecule has 3 aromatic rings. The molecule has 3 rings (SSSR count). The number of imidazole rings is 1. The van der Waals surface area contributed by atoms with E-state index in [9.17, 15) is 0 Å². The Kier molecular flexibility index (Phi) is 4.23. The molecule has 0 aliphatic rings. The summed E-state index contributed by atoms with van der Waals surface area (Å²) in [6.07, 6.45) is 4.77. The van der Waals surface area contributed by atoms with E-state index in [1.807, 2.05) is 11.6 Å². The molecule has 0 fully saturated rings. The molecule has 5 heteroatoms. The first kappa shape index (κ1) is 15.1. The maximum atomic E-state index is 6.04. The van der Waals surface area contributed by atoms with E-state index in [1.54, 1.807) is 6.20 Å². The van der Waals surface area contributed by atoms with Crippen molar-refractivity contribution >= 4 is 22.5 Å². The number of H-pyrrole nitrogens is 1. The summed E-state index contributed by atoms with van der Waals surface area (Å²) in [5, 5.41) is 5.48. The summed E-state index contributed by atoms with van der Waals surface area (Å²) in [5.41, 5.74) is 3.82. The molecule has 0 amide bonds. The lowest BCUT2D eigenvalue weighted by molar-refractivity contribution is 0.534. The number of fused-ring (bicyclic) bond motifs is 1. The van der Waals surface area contributed by atoms with Crippen molar-refractivity contribution in [3.63, 3.8) is 0 Å². The highest BCUT2D eigenvalue weighted by Gasteiger charge is 2.12. The molecule has 0 saturated heterocycles. The molecule has 0 radical (unpaired) electrons. The van der Waals surface area contributed by atoms with E-state index in [4.69, 9.17) is 11.6 Å². The van der Waals surface area contributed by atoms with Crippen LogP contribution in [0.4, 0.5) is 0 Å². The molecule has 1 aromatic carbocycles. The smallest absolute Gasteiger partial charge is 0.128 e. The Hall–Kier alpha value is -1.78. The van der Waals surface area contributed by atoms with Crippen molar-refractivity contribution in [1.82, 2.24) is 19.9 Å². The van der Waals surface area contributed by atoms with Crippen LogP contribution in [0.25, 0.3) is 10.9 Å². The number of nitrogens with zero attached hydrogens (tertiary/aromatic N) is 2. The maximum absolute atomic E-state index is 6.04. The molecule has 116 valence electrons. The molecule has 2 aromatic heterocycles. The van der Waals surface area contributed by atoms with Gasteiger partial charge in [-0.3, -0.25) is 0 Å². The normalized spacial score (nSPS) is 12.9. The van der Waals surface area contributed by atoms with Crippen molar-refractivity contribution < 1.29 is 0 Å². The Morgan fingerprint density at radius 1 is 1.41 bits per heavy atom. The Morgan fingerprint density at radius 2 is 2.23 bits per heavy atom. The number of aromatic nitrogens is 3. The Labute approximate surface area is 135 Å². The molecule has 0 aliphatic carbocycles. The molecule has 0 bridgehead atoms. The summed E-state index contributed by atoms with van der Waals surface area (Å²) in [6, 6.07) is 6.71. The highest BCUT2D eigenvalue weighted by atomic mass is 35.5. The number of halogens is 1. The molecular weight excluding hydrogens is 296 g/mol. The Bertz CT molecular complexity index is 787. The number of aromatic amines is 1. The van der Waals surface area contributed by atoms with Crippen LogP contribution in [0, 0.1) is 6.92 Å². The Balaban J connectivity index is 1.64. The SMILES string of the molecule is Cc1ccc2c(CCNC(C)c3ncc(Cl)n3C)c[nH]c2c1. The number of aryl methyl sites for hydroxylation is 1. The molecular formula is C17H21ClN4. The molecule has 0 aliphatic heterocycles. The largest absolute Gasteiger partial charge is 0.361 e. The van der Waals surface area contributed by atoms with Crippen LogP contribution in [-0.4, -0.2) is 21.1 Å². The van der Waals surface area contributed by atoms with E-state index >= 15 is 0 Å². The summed E-state index contributed by atoms with van der Waals surface area (Å²) in [6.45, 7) is 5.12. The predicted octanol–water partition coefficient (Wildman–Crippen LogP) is 3.76. The highest BCUT2D eigenvalue weighted by molar-refractivity contribution is 6.29. The first-order valence-electron chi connectivity index (χ1n) is 7.53. The molecule has 2 heterocycles. The zero-order valence-corrected chi connectivity index (χ0v) is 13.9. The van der Waals surface area contributed by atoms with Crippen LogP contribution in [0.2, 0.25) is 5.15 Å². The topological polar surface area (TPSA) is 45.6 Å². The summed E-state index contributed by atoms with van der Waals surface area (Å²) in [7, 11) is 1.94. The van der Waals surface area contributed by atoms with Crippen LogP contribution in [0.3, 0.4) is 0 Å². The zero-order valence-electron chi connectivity index (χ0n) is 13.2. The van der Waals surface area contributed by atoms with E-state index < -0.39 is 0 Å². The minimum atomic E-state index is 0.171. The van der Waals surface area contributed by atoms with Crippen LogP contribution >= 0.6 is 11.6 Å². The van der Waals surface area contributed by atoms with Gasteiger partial charge in [0.25, 0.3) is 0 Å². The maximum Gasteiger partial charge on any atom is 0.128 e. The minimum absolute atomic E-state index is 0.171. The van der Waals surface area contributed by atoms with Gasteiger partial charge in [0.15, 0.2) is 0 Å². The summed E-state index contributed by atoms with van der Waals surface area (Å²) < 4.78 is 1.91. The van der Waals surface area contributed by atoms with Crippen LogP contribution < -0.4 is 5.32 Å². The second-order valence-corrected chi connectivity index (χ2v) is 6.17.